The van der Waals surface area contributed by atoms with Crippen LogP contribution < -0.4 is 0 Å². The monoisotopic (exact) mass is 285 g/mol. The molecule has 2 aromatic rings. The zero-order chi connectivity index (χ0) is 14.3. The lowest BCUT2D eigenvalue weighted by atomic mass is 9.79. The van der Waals surface area contributed by atoms with Crippen molar-refractivity contribution in [2.24, 2.45) is 11.8 Å². The molecule has 3 rings (SSSR count). The van der Waals surface area contributed by atoms with Crippen molar-refractivity contribution in [1.82, 2.24) is 9.55 Å². The summed E-state index contributed by atoms with van der Waals surface area (Å²) in [7, 11) is 0. The Balaban J connectivity index is 2.11. The lowest BCUT2D eigenvalue weighted by Crippen LogP contribution is -2.23. The van der Waals surface area contributed by atoms with Crippen molar-refractivity contribution in [2.75, 3.05) is 0 Å². The van der Waals surface area contributed by atoms with Crippen LogP contribution in [0.5, 0.6) is 0 Å². The minimum absolute atomic E-state index is 0.455. The molecule has 3 unspecified atom stereocenters. The Morgan fingerprint density at radius 2 is 2.10 bits per heavy atom. The van der Waals surface area contributed by atoms with Gasteiger partial charge in [-0.2, -0.15) is 5.26 Å². The van der Waals surface area contributed by atoms with Gasteiger partial charge in [-0.05, 0) is 55.4 Å². The summed E-state index contributed by atoms with van der Waals surface area (Å²) in [6.07, 6.45) is 3.58. The average molecular weight is 285 g/mol. The number of aromatic nitrogens is 2. The van der Waals surface area contributed by atoms with Gasteiger partial charge in [0.25, 0.3) is 0 Å². The number of fused-ring (bicyclic) bond motifs is 1. The minimum Gasteiger partial charge on any atom is -0.329 e. The predicted octanol–water partition coefficient (Wildman–Crippen LogP) is 4.57. The Labute approximate surface area is 124 Å². The Kier molecular flexibility index (Phi) is 3.39. The van der Waals surface area contributed by atoms with E-state index in [1.165, 1.54) is 19.3 Å². The van der Waals surface area contributed by atoms with Crippen LogP contribution in [0.2, 0.25) is 0 Å². The second-order valence-corrected chi connectivity index (χ2v) is 6.42. The number of nitriles is 1. The lowest BCUT2D eigenvalue weighted by molar-refractivity contribution is 0.212. The van der Waals surface area contributed by atoms with Crippen LogP contribution in [-0.2, 0) is 0 Å². The molecule has 1 N–H and O–H groups in total. The first-order valence-corrected chi connectivity index (χ1v) is 7.66. The Morgan fingerprint density at radius 3 is 2.80 bits per heavy atom. The van der Waals surface area contributed by atoms with Gasteiger partial charge in [0.15, 0.2) is 4.77 Å². The highest BCUT2D eigenvalue weighted by molar-refractivity contribution is 7.71. The second kappa shape index (κ2) is 5.06. The molecule has 3 atom stereocenters. The summed E-state index contributed by atoms with van der Waals surface area (Å²) >= 11 is 5.51. The summed E-state index contributed by atoms with van der Waals surface area (Å²) in [5, 5.41) is 9.21. The molecule has 1 aromatic heterocycles. The first-order chi connectivity index (χ1) is 9.61. The smallest absolute Gasteiger partial charge is 0.178 e. The third-order valence-electron chi connectivity index (χ3n) is 4.81. The summed E-state index contributed by atoms with van der Waals surface area (Å²) in [4.78, 5) is 3.23. The SMILES string of the molecule is CC1CCC(n2c(=S)[nH]c3c(C#N)cccc32)CC1C. The molecule has 0 saturated heterocycles. The van der Waals surface area contributed by atoms with Crippen LogP contribution in [0.15, 0.2) is 18.2 Å². The molecule has 0 bridgehead atoms. The molecule has 4 heteroatoms. The molecule has 1 fully saturated rings. The van der Waals surface area contributed by atoms with Crippen molar-refractivity contribution >= 4 is 23.3 Å². The fraction of sp³-hybridized carbons (Fsp3) is 0.500. The van der Waals surface area contributed by atoms with Gasteiger partial charge in [0.05, 0.1) is 16.6 Å². The van der Waals surface area contributed by atoms with Gasteiger partial charge in [-0.1, -0.05) is 19.9 Å². The van der Waals surface area contributed by atoms with Crippen LogP contribution in [0, 0.1) is 27.9 Å². The molecule has 0 radical (unpaired) electrons. The third kappa shape index (κ3) is 2.06. The van der Waals surface area contributed by atoms with Crippen LogP contribution in [-0.4, -0.2) is 9.55 Å². The van der Waals surface area contributed by atoms with Crippen molar-refractivity contribution in [3.8, 4) is 6.07 Å². The number of rotatable bonds is 1. The molecular formula is C16H19N3S. The van der Waals surface area contributed by atoms with E-state index in [4.69, 9.17) is 12.2 Å². The van der Waals surface area contributed by atoms with E-state index in [9.17, 15) is 5.26 Å². The van der Waals surface area contributed by atoms with Crippen molar-refractivity contribution in [3.63, 3.8) is 0 Å². The topological polar surface area (TPSA) is 44.5 Å². The highest BCUT2D eigenvalue weighted by atomic mass is 32.1. The maximum absolute atomic E-state index is 9.21. The molecule has 1 heterocycles. The number of para-hydroxylation sites is 1. The van der Waals surface area contributed by atoms with E-state index in [1.54, 1.807) is 0 Å². The fourth-order valence-corrected chi connectivity index (χ4v) is 3.71. The van der Waals surface area contributed by atoms with Crippen molar-refractivity contribution < 1.29 is 0 Å². The molecular weight excluding hydrogens is 266 g/mol. The average Bonchev–Trinajstić information content (AvgIpc) is 2.78. The highest BCUT2D eigenvalue weighted by Crippen LogP contribution is 2.38. The number of H-pyrrole nitrogens is 1. The fourth-order valence-electron chi connectivity index (χ4n) is 3.36. The van der Waals surface area contributed by atoms with Crippen LogP contribution in [0.4, 0.5) is 0 Å². The van der Waals surface area contributed by atoms with Crippen molar-refractivity contribution in [1.29, 1.82) is 5.26 Å². The van der Waals surface area contributed by atoms with Gasteiger partial charge in [0.1, 0.15) is 6.07 Å². The second-order valence-electron chi connectivity index (χ2n) is 6.03. The molecule has 0 spiro atoms. The van der Waals surface area contributed by atoms with E-state index in [0.29, 0.717) is 11.6 Å². The number of nitrogens with one attached hydrogen (secondary N) is 1. The molecule has 0 aliphatic heterocycles. The number of nitrogens with zero attached hydrogens (tertiary/aromatic N) is 2. The zero-order valence-corrected chi connectivity index (χ0v) is 12.7. The summed E-state index contributed by atoms with van der Waals surface area (Å²) in [6.45, 7) is 4.67. The molecule has 1 aliphatic carbocycles. The van der Waals surface area contributed by atoms with E-state index >= 15 is 0 Å². The van der Waals surface area contributed by atoms with Crippen molar-refractivity contribution in [2.45, 2.75) is 39.2 Å². The molecule has 0 amide bonds. The standard InChI is InChI=1S/C16H19N3S/c1-10-6-7-13(8-11(10)2)19-14-5-3-4-12(9-17)15(14)18-16(19)20/h3-5,10-11,13H,6-8H2,1-2H3,(H,18,20). The third-order valence-corrected chi connectivity index (χ3v) is 5.11. The van der Waals surface area contributed by atoms with Gasteiger partial charge in [-0.25, -0.2) is 0 Å². The minimum atomic E-state index is 0.455. The zero-order valence-electron chi connectivity index (χ0n) is 11.9. The molecule has 20 heavy (non-hydrogen) atoms. The van der Waals surface area contributed by atoms with Crippen LogP contribution in [0.25, 0.3) is 11.0 Å². The largest absolute Gasteiger partial charge is 0.329 e. The predicted molar refractivity (Wildman–Crippen MR) is 83.1 cm³/mol. The Morgan fingerprint density at radius 1 is 1.30 bits per heavy atom. The number of hydrogen-bond acceptors (Lipinski definition) is 2. The maximum Gasteiger partial charge on any atom is 0.178 e. The molecule has 1 aliphatic rings. The molecule has 3 nitrogen and oxygen atoms in total. The Hall–Kier alpha value is -1.60. The van der Waals surface area contributed by atoms with E-state index in [-0.39, 0.29) is 0 Å². The summed E-state index contributed by atoms with van der Waals surface area (Å²) in [6, 6.07) is 8.53. The van der Waals surface area contributed by atoms with Gasteiger partial charge in [-0.15, -0.1) is 0 Å². The molecule has 1 aromatic carbocycles. The van der Waals surface area contributed by atoms with Crippen molar-refractivity contribution in [3.05, 3.63) is 28.5 Å². The van der Waals surface area contributed by atoms with Gasteiger partial charge in [0, 0.05) is 6.04 Å². The highest BCUT2D eigenvalue weighted by Gasteiger charge is 2.27. The molecule has 104 valence electrons. The number of benzene rings is 1. The van der Waals surface area contributed by atoms with Gasteiger partial charge >= 0.3 is 0 Å². The van der Waals surface area contributed by atoms with Gasteiger partial charge in [-0.3, -0.25) is 0 Å². The molecule has 1 saturated carbocycles. The normalized spacial score (nSPS) is 26.6. The quantitative estimate of drug-likeness (QED) is 0.780. The van der Waals surface area contributed by atoms with Gasteiger partial charge < -0.3 is 9.55 Å². The summed E-state index contributed by atoms with van der Waals surface area (Å²) in [5.74, 6) is 1.51. The first kappa shape index (κ1) is 13.4. The number of hydrogen-bond donors (Lipinski definition) is 1. The van der Waals surface area contributed by atoms with Crippen LogP contribution in [0.1, 0.15) is 44.7 Å². The number of imidazole rings is 1. The summed E-state index contributed by atoms with van der Waals surface area (Å²) in [5.41, 5.74) is 2.62. The maximum atomic E-state index is 9.21. The van der Waals surface area contributed by atoms with E-state index in [2.05, 4.69) is 35.5 Å². The van der Waals surface area contributed by atoms with E-state index in [0.717, 1.165) is 27.6 Å². The van der Waals surface area contributed by atoms with Crippen LogP contribution >= 0.6 is 12.2 Å². The number of aromatic amines is 1. The van der Waals surface area contributed by atoms with Gasteiger partial charge in [0.2, 0.25) is 0 Å². The summed E-state index contributed by atoms with van der Waals surface area (Å²) < 4.78 is 2.97. The first-order valence-electron chi connectivity index (χ1n) is 7.25. The lowest BCUT2D eigenvalue weighted by Gasteiger charge is -2.33. The Bertz CT molecular complexity index is 734. The van der Waals surface area contributed by atoms with E-state index < -0.39 is 0 Å². The van der Waals surface area contributed by atoms with Crippen LogP contribution in [0.3, 0.4) is 0 Å². The van der Waals surface area contributed by atoms with E-state index in [1.807, 2.05) is 12.1 Å².